The van der Waals surface area contributed by atoms with Crippen LogP contribution in [0.2, 0.25) is 24.7 Å². The molecule has 0 spiro atoms. The Bertz CT molecular complexity index is 1520. The summed E-state index contributed by atoms with van der Waals surface area (Å²) in [5.74, 6) is -0.479. The summed E-state index contributed by atoms with van der Waals surface area (Å²) in [6.07, 6.45) is 0.730. The molecule has 5 atom stereocenters. The predicted octanol–water partition coefficient (Wildman–Crippen LogP) is 7.50. The highest BCUT2D eigenvalue weighted by atomic mass is 28.4. The van der Waals surface area contributed by atoms with E-state index in [4.69, 9.17) is 27.8 Å². The molecule has 0 aromatic heterocycles. The molecule has 4 rings (SSSR count). The van der Waals surface area contributed by atoms with Gasteiger partial charge in [-0.15, -0.1) is 0 Å². The van der Waals surface area contributed by atoms with E-state index in [0.717, 1.165) is 11.3 Å². The van der Waals surface area contributed by atoms with Crippen molar-refractivity contribution in [1.82, 2.24) is 0 Å². The van der Waals surface area contributed by atoms with Crippen LogP contribution < -0.4 is 15.1 Å². The maximum absolute atomic E-state index is 12.2. The first-order chi connectivity index (χ1) is 25.1. The van der Waals surface area contributed by atoms with E-state index in [1.54, 1.807) is 7.11 Å². The molecule has 11 heteroatoms. The minimum atomic E-state index is -2.77. The normalized spacial score (nSPS) is 19.3. The summed E-state index contributed by atoms with van der Waals surface area (Å²) in [7, 11) is -3.17. The lowest BCUT2D eigenvalue weighted by Crippen LogP contribution is -2.66. The molecule has 0 bridgehead atoms. The number of carboxylic acid groups (broad SMARTS) is 1. The number of aliphatic carboxylic acids is 1. The van der Waals surface area contributed by atoms with Crippen LogP contribution in [0.1, 0.15) is 71.8 Å². The molecule has 290 valence electrons. The van der Waals surface area contributed by atoms with Crippen LogP contribution in [0.3, 0.4) is 0 Å². The minimum absolute atomic E-state index is 0.111. The standard InChI is InChI=1S/C42H60O9Si2/c1-31(43)49-35-26-36(50-37(27-35)28-38(29-41(44)45)51-52(6,7)8)25-34(47-30-32-19-21-33(46-5)22-20-32)23-24-48-53(42(2,3)4,39-15-11-9-12-16-39)40-17-13-10-14-18-40/h9-22,34-38H,23-30H2,1-8H3,(H,44,45)/t34-,35-,36+,37+,38?/m0/s1. The van der Waals surface area contributed by atoms with Gasteiger partial charge >= 0.3 is 11.9 Å². The number of carbonyl (C=O) groups is 2. The molecular weight excluding hydrogens is 705 g/mol. The third-order valence-electron chi connectivity index (χ3n) is 9.56. The highest BCUT2D eigenvalue weighted by molar-refractivity contribution is 6.99. The molecule has 1 saturated heterocycles. The van der Waals surface area contributed by atoms with E-state index in [1.807, 2.05) is 56.0 Å². The van der Waals surface area contributed by atoms with E-state index in [-0.39, 0.29) is 41.8 Å². The second-order valence-electron chi connectivity index (χ2n) is 16.1. The van der Waals surface area contributed by atoms with Gasteiger partial charge in [-0.2, -0.15) is 0 Å². The molecule has 0 radical (unpaired) electrons. The molecule has 1 aliphatic rings. The van der Waals surface area contributed by atoms with E-state index < -0.39 is 28.7 Å². The highest BCUT2D eigenvalue weighted by Gasteiger charge is 2.50. The van der Waals surface area contributed by atoms with Crippen LogP contribution in [0.15, 0.2) is 84.9 Å². The van der Waals surface area contributed by atoms with Gasteiger partial charge in [0.15, 0.2) is 8.32 Å². The fourth-order valence-electron chi connectivity index (χ4n) is 7.46. The zero-order valence-electron chi connectivity index (χ0n) is 32.8. The van der Waals surface area contributed by atoms with Crippen LogP contribution in [0.5, 0.6) is 5.75 Å². The second-order valence-corrected chi connectivity index (χ2v) is 24.9. The Morgan fingerprint density at radius 1 is 0.849 bits per heavy atom. The van der Waals surface area contributed by atoms with Crippen molar-refractivity contribution >= 4 is 38.9 Å². The van der Waals surface area contributed by atoms with Crippen LogP contribution in [0, 0.1) is 0 Å². The number of benzene rings is 3. The summed E-state index contributed by atoms with van der Waals surface area (Å²) in [4.78, 5) is 23.9. The van der Waals surface area contributed by atoms with Crippen molar-refractivity contribution in [2.24, 2.45) is 0 Å². The number of carboxylic acids is 1. The van der Waals surface area contributed by atoms with Crippen molar-refractivity contribution in [3.8, 4) is 5.75 Å². The monoisotopic (exact) mass is 764 g/mol. The summed E-state index contributed by atoms with van der Waals surface area (Å²) in [5, 5.41) is 11.9. The highest BCUT2D eigenvalue weighted by Crippen LogP contribution is 2.37. The number of ether oxygens (including phenoxy) is 4. The maximum atomic E-state index is 12.2. The molecule has 1 N–H and O–H groups in total. The third-order valence-corrected chi connectivity index (χ3v) is 15.6. The van der Waals surface area contributed by atoms with E-state index >= 15 is 0 Å². The Hall–Kier alpha value is -3.33. The summed E-state index contributed by atoms with van der Waals surface area (Å²) < 4.78 is 38.1. The molecule has 0 amide bonds. The van der Waals surface area contributed by atoms with Gasteiger partial charge in [-0.3, -0.25) is 9.59 Å². The largest absolute Gasteiger partial charge is 0.497 e. The molecule has 0 aliphatic carbocycles. The van der Waals surface area contributed by atoms with Crippen LogP contribution in [-0.4, -0.2) is 77.9 Å². The van der Waals surface area contributed by atoms with Gasteiger partial charge in [0.05, 0.1) is 44.6 Å². The first-order valence-electron chi connectivity index (χ1n) is 18.8. The molecule has 53 heavy (non-hydrogen) atoms. The SMILES string of the molecule is COc1ccc(CO[C@@H](CCO[Si](c2ccccc2)(c2ccccc2)C(C)(C)C)C[C@@H]2C[C@H](OC(C)=O)C[C@H](CC(CC(=O)O)O[Si](C)(C)C)O2)cc1. The summed E-state index contributed by atoms with van der Waals surface area (Å²) in [6.45, 7) is 15.2. The number of rotatable bonds is 19. The lowest BCUT2D eigenvalue weighted by atomic mass is 9.93. The van der Waals surface area contributed by atoms with Gasteiger partial charge in [0, 0.05) is 32.8 Å². The van der Waals surface area contributed by atoms with Gasteiger partial charge in [-0.1, -0.05) is 93.6 Å². The van der Waals surface area contributed by atoms with Gasteiger partial charge < -0.3 is 32.9 Å². The predicted molar refractivity (Wildman–Crippen MR) is 213 cm³/mol. The first kappa shape index (κ1) is 42.4. The summed E-state index contributed by atoms with van der Waals surface area (Å²) in [5.41, 5.74) is 1.02. The van der Waals surface area contributed by atoms with Gasteiger partial charge in [0.2, 0.25) is 0 Å². The van der Waals surface area contributed by atoms with Crippen molar-refractivity contribution in [1.29, 1.82) is 0 Å². The maximum Gasteiger partial charge on any atom is 0.305 e. The van der Waals surface area contributed by atoms with Crippen molar-refractivity contribution in [3.63, 3.8) is 0 Å². The number of carbonyl (C=O) groups excluding carboxylic acids is 1. The molecular formula is C42H60O9Si2. The lowest BCUT2D eigenvalue weighted by molar-refractivity contribution is -0.164. The number of methoxy groups -OCH3 is 1. The molecule has 3 aromatic carbocycles. The van der Waals surface area contributed by atoms with Crippen molar-refractivity contribution in [3.05, 3.63) is 90.5 Å². The number of hydrogen-bond donors (Lipinski definition) is 1. The molecule has 9 nitrogen and oxygen atoms in total. The van der Waals surface area contributed by atoms with Gasteiger partial charge in [0.25, 0.3) is 8.32 Å². The Kier molecular flexibility index (Phi) is 15.5. The number of esters is 1. The van der Waals surface area contributed by atoms with Crippen molar-refractivity contribution < 1.29 is 42.5 Å². The van der Waals surface area contributed by atoms with Crippen molar-refractivity contribution in [2.45, 2.75) is 128 Å². The van der Waals surface area contributed by atoms with Crippen LogP contribution in [-0.2, 0) is 39.3 Å². The molecule has 0 saturated carbocycles. The van der Waals surface area contributed by atoms with Crippen molar-refractivity contribution in [2.75, 3.05) is 13.7 Å². The fraction of sp³-hybridized carbons (Fsp3) is 0.524. The molecule has 1 heterocycles. The topological polar surface area (TPSA) is 110 Å². The Morgan fingerprint density at radius 3 is 1.87 bits per heavy atom. The molecule has 1 fully saturated rings. The average molecular weight is 765 g/mol. The quantitative estimate of drug-likeness (QED) is 0.0981. The molecule has 1 unspecified atom stereocenters. The molecule has 3 aromatic rings. The second kappa shape index (κ2) is 19.3. The molecule has 1 aliphatic heterocycles. The third kappa shape index (κ3) is 12.9. The Balaban J connectivity index is 1.59. The minimum Gasteiger partial charge on any atom is -0.497 e. The fourth-order valence-corrected chi connectivity index (χ4v) is 13.2. The van der Waals surface area contributed by atoms with Crippen LogP contribution in [0.4, 0.5) is 0 Å². The van der Waals surface area contributed by atoms with Gasteiger partial charge in [0.1, 0.15) is 11.9 Å². The van der Waals surface area contributed by atoms with E-state index in [9.17, 15) is 14.7 Å². The first-order valence-corrected chi connectivity index (χ1v) is 24.1. The Labute approximate surface area is 318 Å². The number of hydrogen-bond acceptors (Lipinski definition) is 8. The zero-order chi connectivity index (χ0) is 38.6. The smallest absolute Gasteiger partial charge is 0.305 e. The van der Waals surface area contributed by atoms with Crippen LogP contribution in [0.25, 0.3) is 0 Å². The van der Waals surface area contributed by atoms with E-state index in [1.165, 1.54) is 17.3 Å². The van der Waals surface area contributed by atoms with Crippen LogP contribution >= 0.6 is 0 Å². The van der Waals surface area contributed by atoms with Gasteiger partial charge in [-0.05, 0) is 65.6 Å². The van der Waals surface area contributed by atoms with E-state index in [0.29, 0.717) is 45.3 Å². The van der Waals surface area contributed by atoms with Gasteiger partial charge in [-0.25, -0.2) is 0 Å². The summed E-state index contributed by atoms with van der Waals surface area (Å²) in [6, 6.07) is 29.0. The summed E-state index contributed by atoms with van der Waals surface area (Å²) >= 11 is 0. The van der Waals surface area contributed by atoms with E-state index in [2.05, 4.69) is 69.3 Å². The average Bonchev–Trinajstić information content (AvgIpc) is 3.08. The zero-order valence-corrected chi connectivity index (χ0v) is 34.8. The lowest BCUT2D eigenvalue weighted by Gasteiger charge is -2.43. The Morgan fingerprint density at radius 2 is 1.40 bits per heavy atom.